The van der Waals surface area contributed by atoms with E-state index in [1.165, 1.54) is 6.42 Å². The highest BCUT2D eigenvalue weighted by Crippen LogP contribution is 2.26. The topological polar surface area (TPSA) is 28.4 Å². The third-order valence-corrected chi connectivity index (χ3v) is 4.68. The van der Waals surface area contributed by atoms with Crippen LogP contribution in [0.5, 0.6) is 0 Å². The minimum absolute atomic E-state index is 0.224. The molecule has 0 radical (unpaired) electrons. The summed E-state index contributed by atoms with van der Waals surface area (Å²) < 4.78 is 7.00. The maximum atomic E-state index is 5.91. The van der Waals surface area contributed by atoms with Crippen LogP contribution in [0.1, 0.15) is 39.0 Å². The van der Waals surface area contributed by atoms with Crippen LogP contribution in [0.4, 0.5) is 0 Å². The van der Waals surface area contributed by atoms with Crippen molar-refractivity contribution in [1.29, 1.82) is 0 Å². The number of fused-ring (bicyclic) bond motifs is 1. The lowest BCUT2D eigenvalue weighted by molar-refractivity contribution is 0.247. The maximum Gasteiger partial charge on any atom is 0.134 e. The van der Waals surface area contributed by atoms with Crippen molar-refractivity contribution in [2.75, 3.05) is 20.1 Å². The van der Waals surface area contributed by atoms with Crippen LogP contribution in [0, 0.1) is 0 Å². The molecular weight excluding hydrogens is 328 g/mol. The molecular formula is C17H25BrN2O. The average Bonchev–Trinajstić information content (AvgIpc) is 2.89. The third-order valence-electron chi connectivity index (χ3n) is 4.18. The normalized spacial score (nSPS) is 14.8. The summed E-state index contributed by atoms with van der Waals surface area (Å²) in [7, 11) is 2.18. The van der Waals surface area contributed by atoms with Gasteiger partial charge in [-0.05, 0) is 51.6 Å². The van der Waals surface area contributed by atoms with Crippen molar-refractivity contribution in [3.63, 3.8) is 0 Å². The number of nitrogens with one attached hydrogen (secondary N) is 1. The van der Waals surface area contributed by atoms with Gasteiger partial charge in [0, 0.05) is 29.0 Å². The predicted molar refractivity (Wildman–Crippen MR) is 92.7 cm³/mol. The van der Waals surface area contributed by atoms with Crippen molar-refractivity contribution in [3.05, 3.63) is 34.5 Å². The number of benzene rings is 1. The fraction of sp³-hybridized carbons (Fsp3) is 0.529. The van der Waals surface area contributed by atoms with Crippen molar-refractivity contribution in [2.45, 2.75) is 39.3 Å². The van der Waals surface area contributed by atoms with Gasteiger partial charge in [-0.25, -0.2) is 0 Å². The molecule has 3 nitrogen and oxygen atoms in total. The van der Waals surface area contributed by atoms with Gasteiger partial charge in [-0.1, -0.05) is 22.9 Å². The van der Waals surface area contributed by atoms with Gasteiger partial charge in [0.2, 0.25) is 0 Å². The molecule has 2 atom stereocenters. The van der Waals surface area contributed by atoms with Gasteiger partial charge in [0.1, 0.15) is 11.3 Å². The number of likely N-dealkylation sites (N-methyl/N-ethyl adjacent to an activating group) is 1. The zero-order valence-corrected chi connectivity index (χ0v) is 14.9. The molecule has 0 bridgehead atoms. The summed E-state index contributed by atoms with van der Waals surface area (Å²) in [4.78, 5) is 2.38. The Morgan fingerprint density at radius 1 is 1.29 bits per heavy atom. The van der Waals surface area contributed by atoms with Crippen LogP contribution in [0.15, 0.2) is 33.2 Å². The van der Waals surface area contributed by atoms with Gasteiger partial charge >= 0.3 is 0 Å². The summed E-state index contributed by atoms with van der Waals surface area (Å²) in [5, 5.41) is 4.68. The minimum atomic E-state index is 0.224. The van der Waals surface area contributed by atoms with Gasteiger partial charge in [-0.15, -0.1) is 0 Å². The molecule has 0 aliphatic carbocycles. The first-order valence-electron chi connectivity index (χ1n) is 7.64. The van der Waals surface area contributed by atoms with E-state index >= 15 is 0 Å². The van der Waals surface area contributed by atoms with E-state index in [-0.39, 0.29) is 6.04 Å². The summed E-state index contributed by atoms with van der Waals surface area (Å²) in [5.74, 6) is 0.995. The molecule has 0 aliphatic rings. The summed E-state index contributed by atoms with van der Waals surface area (Å²) in [5.41, 5.74) is 0.943. The first kappa shape index (κ1) is 16.5. The van der Waals surface area contributed by atoms with E-state index in [0.29, 0.717) is 6.04 Å². The lowest BCUT2D eigenvalue weighted by atomic mass is 10.2. The van der Waals surface area contributed by atoms with Crippen molar-refractivity contribution in [1.82, 2.24) is 10.2 Å². The standard InChI is InChI=1S/C17H25BrN2O/c1-5-12(2)20(4)9-8-19-13(3)17-11-14-10-15(18)6-7-16(14)21-17/h6-7,10-13,19H,5,8-9H2,1-4H3. The first-order valence-corrected chi connectivity index (χ1v) is 8.43. The Morgan fingerprint density at radius 2 is 2.05 bits per heavy atom. The zero-order chi connectivity index (χ0) is 15.4. The van der Waals surface area contributed by atoms with Crippen LogP contribution in [0.25, 0.3) is 11.0 Å². The van der Waals surface area contributed by atoms with Crippen molar-refractivity contribution in [3.8, 4) is 0 Å². The molecule has 0 amide bonds. The molecule has 0 saturated carbocycles. The monoisotopic (exact) mass is 352 g/mol. The molecule has 1 aromatic heterocycles. The Kier molecular flexibility index (Phi) is 5.85. The minimum Gasteiger partial charge on any atom is -0.459 e. The van der Waals surface area contributed by atoms with E-state index in [2.05, 4.69) is 66.1 Å². The van der Waals surface area contributed by atoms with Crippen LogP contribution in [-0.2, 0) is 0 Å². The van der Waals surface area contributed by atoms with Gasteiger partial charge in [0.05, 0.1) is 6.04 Å². The molecule has 2 aromatic rings. The summed E-state index contributed by atoms with van der Waals surface area (Å²) in [6.07, 6.45) is 1.19. The molecule has 1 N–H and O–H groups in total. The van der Waals surface area contributed by atoms with Crippen LogP contribution in [-0.4, -0.2) is 31.1 Å². The van der Waals surface area contributed by atoms with Gasteiger partial charge in [-0.2, -0.15) is 0 Å². The van der Waals surface area contributed by atoms with Crippen LogP contribution >= 0.6 is 15.9 Å². The number of rotatable bonds is 7. The zero-order valence-electron chi connectivity index (χ0n) is 13.3. The molecule has 0 fully saturated rings. The number of halogens is 1. The highest BCUT2D eigenvalue weighted by molar-refractivity contribution is 9.10. The van der Waals surface area contributed by atoms with Crippen molar-refractivity contribution in [2.24, 2.45) is 0 Å². The van der Waals surface area contributed by atoms with Crippen LogP contribution in [0.2, 0.25) is 0 Å². The van der Waals surface area contributed by atoms with Gasteiger partial charge in [0.25, 0.3) is 0 Å². The second-order valence-corrected chi connectivity index (χ2v) is 6.66. The maximum absolute atomic E-state index is 5.91. The Morgan fingerprint density at radius 3 is 2.76 bits per heavy atom. The molecule has 21 heavy (non-hydrogen) atoms. The molecule has 0 spiro atoms. The fourth-order valence-corrected chi connectivity index (χ4v) is 2.72. The third kappa shape index (κ3) is 4.31. The predicted octanol–water partition coefficient (Wildman–Crippen LogP) is 4.58. The fourth-order valence-electron chi connectivity index (χ4n) is 2.34. The van der Waals surface area contributed by atoms with Crippen molar-refractivity contribution >= 4 is 26.9 Å². The van der Waals surface area contributed by atoms with E-state index in [9.17, 15) is 0 Å². The van der Waals surface area contributed by atoms with Gasteiger partial charge in [0.15, 0.2) is 0 Å². The highest BCUT2D eigenvalue weighted by atomic mass is 79.9. The molecule has 0 saturated heterocycles. The van der Waals surface area contributed by atoms with Crippen LogP contribution < -0.4 is 5.32 Å². The van der Waals surface area contributed by atoms with E-state index in [1.807, 2.05) is 12.1 Å². The summed E-state index contributed by atoms with van der Waals surface area (Å²) >= 11 is 3.49. The van der Waals surface area contributed by atoms with Crippen molar-refractivity contribution < 1.29 is 4.42 Å². The number of furan rings is 1. The Bertz CT molecular complexity index is 581. The molecule has 1 aromatic carbocycles. The molecule has 4 heteroatoms. The average molecular weight is 353 g/mol. The smallest absolute Gasteiger partial charge is 0.134 e. The van der Waals surface area contributed by atoms with E-state index < -0.39 is 0 Å². The summed E-state index contributed by atoms with van der Waals surface area (Å²) in [6.45, 7) is 8.65. The lowest BCUT2D eigenvalue weighted by Crippen LogP contribution is -2.35. The van der Waals surface area contributed by atoms with E-state index in [0.717, 1.165) is 34.3 Å². The van der Waals surface area contributed by atoms with Gasteiger partial charge in [-0.3, -0.25) is 0 Å². The number of hydrogen-bond donors (Lipinski definition) is 1. The quantitative estimate of drug-likeness (QED) is 0.790. The van der Waals surface area contributed by atoms with E-state index in [1.54, 1.807) is 0 Å². The second-order valence-electron chi connectivity index (χ2n) is 5.74. The SMILES string of the molecule is CCC(C)N(C)CCNC(C)c1cc2cc(Br)ccc2o1. The molecule has 2 unspecified atom stereocenters. The summed E-state index contributed by atoms with van der Waals surface area (Å²) in [6, 6.07) is 9.08. The lowest BCUT2D eigenvalue weighted by Gasteiger charge is -2.24. The Hall–Kier alpha value is -0.840. The number of nitrogens with zero attached hydrogens (tertiary/aromatic N) is 1. The van der Waals surface area contributed by atoms with Crippen LogP contribution in [0.3, 0.4) is 0 Å². The van der Waals surface area contributed by atoms with E-state index in [4.69, 9.17) is 4.42 Å². The molecule has 1 heterocycles. The first-order chi connectivity index (χ1) is 10.0. The second kappa shape index (κ2) is 7.43. The Labute approximate surface area is 135 Å². The molecule has 116 valence electrons. The largest absolute Gasteiger partial charge is 0.459 e. The molecule has 0 aliphatic heterocycles. The molecule has 2 rings (SSSR count). The van der Waals surface area contributed by atoms with Gasteiger partial charge < -0.3 is 14.6 Å². The number of hydrogen-bond acceptors (Lipinski definition) is 3. The highest BCUT2D eigenvalue weighted by Gasteiger charge is 2.12. The Balaban J connectivity index is 1.91.